The van der Waals surface area contributed by atoms with Crippen LogP contribution in [0.1, 0.15) is 18.9 Å². The van der Waals surface area contributed by atoms with E-state index >= 15 is 0 Å². The number of para-hydroxylation sites is 1. The highest BCUT2D eigenvalue weighted by atomic mass is 127. The molecule has 1 aliphatic rings. The molecular formula is C23H26F2IN5. The molecule has 5 nitrogen and oxygen atoms in total. The molecule has 0 saturated carbocycles. The van der Waals surface area contributed by atoms with Crippen molar-refractivity contribution >= 4 is 46.5 Å². The lowest BCUT2D eigenvalue weighted by molar-refractivity contribution is 0.580. The molecule has 0 amide bonds. The number of guanidine groups is 1. The topological polar surface area (TPSA) is 52.6 Å². The molecule has 1 unspecified atom stereocenters. The van der Waals surface area contributed by atoms with E-state index in [9.17, 15) is 8.78 Å². The molecule has 0 aliphatic carbocycles. The van der Waals surface area contributed by atoms with E-state index in [4.69, 9.17) is 4.99 Å². The largest absolute Gasteiger partial charge is 0.367 e. The van der Waals surface area contributed by atoms with E-state index in [2.05, 4.69) is 15.6 Å². The van der Waals surface area contributed by atoms with Crippen LogP contribution >= 0.6 is 24.0 Å². The average molecular weight is 537 g/mol. The zero-order chi connectivity index (χ0) is 20.9. The van der Waals surface area contributed by atoms with Gasteiger partial charge >= 0.3 is 0 Å². The minimum absolute atomic E-state index is 0. The van der Waals surface area contributed by atoms with Crippen molar-refractivity contribution in [3.05, 3.63) is 71.9 Å². The standard InChI is InChI=1S/C23H25F2N5.HI/c1-2-26-23(28-14-17-6-3-5-16-7-4-11-27-22(16)17)29-19-10-12-30(15-19)21-9-8-18(24)13-20(21)25;/h3-9,11,13,19H,2,10,12,14-15H2,1H3,(H2,26,28,29);1H. The van der Waals surface area contributed by atoms with Crippen LogP contribution in [0.25, 0.3) is 10.9 Å². The van der Waals surface area contributed by atoms with Gasteiger partial charge < -0.3 is 15.5 Å². The molecule has 2 aromatic carbocycles. The summed E-state index contributed by atoms with van der Waals surface area (Å²) >= 11 is 0. The number of hydrogen-bond donors (Lipinski definition) is 2. The first-order chi connectivity index (χ1) is 14.6. The molecule has 4 rings (SSSR count). The predicted octanol–water partition coefficient (Wildman–Crippen LogP) is 4.47. The summed E-state index contributed by atoms with van der Waals surface area (Å²) in [5.41, 5.74) is 2.45. The number of aliphatic imine (C=N–C) groups is 1. The number of fused-ring (bicyclic) bond motifs is 1. The van der Waals surface area contributed by atoms with E-state index in [0.717, 1.165) is 41.5 Å². The first kappa shape index (κ1) is 23.2. The molecule has 1 aliphatic heterocycles. The quantitative estimate of drug-likeness (QED) is 0.287. The van der Waals surface area contributed by atoms with Crippen LogP contribution in [-0.2, 0) is 6.54 Å². The van der Waals surface area contributed by atoms with Gasteiger partial charge in [0.25, 0.3) is 0 Å². The summed E-state index contributed by atoms with van der Waals surface area (Å²) in [4.78, 5) is 11.2. The summed E-state index contributed by atoms with van der Waals surface area (Å²) in [5.74, 6) is -0.369. The lowest BCUT2D eigenvalue weighted by Gasteiger charge is -2.21. The molecule has 3 aromatic rings. The van der Waals surface area contributed by atoms with Gasteiger partial charge in [0.1, 0.15) is 11.6 Å². The Labute approximate surface area is 198 Å². The number of rotatable bonds is 5. The summed E-state index contributed by atoms with van der Waals surface area (Å²) in [7, 11) is 0. The molecule has 0 spiro atoms. The van der Waals surface area contributed by atoms with Gasteiger partial charge in [-0.1, -0.05) is 24.3 Å². The first-order valence-corrected chi connectivity index (χ1v) is 10.2. The molecule has 31 heavy (non-hydrogen) atoms. The van der Waals surface area contributed by atoms with Gasteiger partial charge in [-0.25, -0.2) is 13.8 Å². The van der Waals surface area contributed by atoms with E-state index in [1.54, 1.807) is 6.20 Å². The normalized spacial score (nSPS) is 16.3. The van der Waals surface area contributed by atoms with Crippen LogP contribution in [-0.4, -0.2) is 36.6 Å². The Bertz CT molecular complexity index is 1050. The van der Waals surface area contributed by atoms with Gasteiger partial charge in [-0.05, 0) is 37.1 Å². The SMILES string of the molecule is CCNC(=NCc1cccc2cccnc12)NC1CCN(c2ccc(F)cc2F)C1.I. The number of hydrogen-bond acceptors (Lipinski definition) is 3. The van der Waals surface area contributed by atoms with Gasteiger partial charge in [-0.15, -0.1) is 24.0 Å². The van der Waals surface area contributed by atoms with Crippen LogP contribution in [0.15, 0.2) is 59.7 Å². The molecule has 164 valence electrons. The van der Waals surface area contributed by atoms with Gasteiger partial charge in [0.05, 0.1) is 17.7 Å². The van der Waals surface area contributed by atoms with Crippen LogP contribution < -0.4 is 15.5 Å². The van der Waals surface area contributed by atoms with E-state index in [0.29, 0.717) is 25.3 Å². The predicted molar refractivity (Wildman–Crippen MR) is 132 cm³/mol. The minimum atomic E-state index is -0.561. The average Bonchev–Trinajstić information content (AvgIpc) is 3.20. The maximum Gasteiger partial charge on any atom is 0.191 e. The minimum Gasteiger partial charge on any atom is -0.367 e. The highest BCUT2D eigenvalue weighted by Gasteiger charge is 2.25. The number of halogens is 3. The Balaban J connectivity index is 0.00000272. The van der Waals surface area contributed by atoms with Gasteiger partial charge in [0.2, 0.25) is 0 Å². The number of pyridine rings is 1. The molecule has 1 atom stereocenters. The van der Waals surface area contributed by atoms with Gasteiger partial charge in [-0.2, -0.15) is 0 Å². The Hall–Kier alpha value is -2.49. The Morgan fingerprint density at radius 3 is 2.84 bits per heavy atom. The molecule has 0 bridgehead atoms. The van der Waals surface area contributed by atoms with Crippen molar-refractivity contribution in [1.29, 1.82) is 0 Å². The molecular weight excluding hydrogens is 511 g/mol. The van der Waals surface area contributed by atoms with Crippen LogP contribution in [0.2, 0.25) is 0 Å². The second-order valence-electron chi connectivity index (χ2n) is 7.36. The van der Waals surface area contributed by atoms with Crippen molar-refractivity contribution in [2.24, 2.45) is 4.99 Å². The second kappa shape index (κ2) is 10.7. The number of nitrogens with zero attached hydrogens (tertiary/aromatic N) is 3. The van der Waals surface area contributed by atoms with Crippen molar-refractivity contribution in [3.8, 4) is 0 Å². The Morgan fingerprint density at radius 1 is 1.19 bits per heavy atom. The van der Waals surface area contributed by atoms with Gasteiger partial charge in [0, 0.05) is 43.3 Å². The monoisotopic (exact) mass is 537 g/mol. The Morgan fingerprint density at radius 2 is 2.03 bits per heavy atom. The van der Waals surface area contributed by atoms with E-state index in [1.165, 1.54) is 12.1 Å². The molecule has 1 saturated heterocycles. The molecule has 1 fully saturated rings. The summed E-state index contributed by atoms with van der Waals surface area (Å²) in [6.07, 6.45) is 2.64. The summed E-state index contributed by atoms with van der Waals surface area (Å²) < 4.78 is 27.3. The Kier molecular flexibility index (Phi) is 8.00. The van der Waals surface area contributed by atoms with Gasteiger partial charge in [-0.3, -0.25) is 4.98 Å². The highest BCUT2D eigenvalue weighted by molar-refractivity contribution is 14.0. The van der Waals surface area contributed by atoms with E-state index < -0.39 is 11.6 Å². The van der Waals surface area contributed by atoms with Crippen LogP contribution in [0, 0.1) is 11.6 Å². The van der Waals surface area contributed by atoms with Crippen LogP contribution in [0.5, 0.6) is 0 Å². The zero-order valence-corrected chi connectivity index (χ0v) is 19.6. The third kappa shape index (κ3) is 5.61. The molecule has 2 heterocycles. The number of nitrogens with one attached hydrogen (secondary N) is 2. The third-order valence-electron chi connectivity index (χ3n) is 5.25. The third-order valence-corrected chi connectivity index (χ3v) is 5.25. The van der Waals surface area contributed by atoms with Crippen LogP contribution in [0.4, 0.5) is 14.5 Å². The molecule has 2 N–H and O–H groups in total. The summed E-state index contributed by atoms with van der Waals surface area (Å²) in [5, 5.41) is 7.82. The number of aromatic nitrogens is 1. The van der Waals surface area contributed by atoms with Crippen molar-refractivity contribution in [2.45, 2.75) is 25.9 Å². The molecule has 0 radical (unpaired) electrons. The van der Waals surface area contributed by atoms with Crippen molar-refractivity contribution in [2.75, 3.05) is 24.5 Å². The summed E-state index contributed by atoms with van der Waals surface area (Å²) in [6, 6.07) is 13.9. The number of anilines is 1. The lowest BCUT2D eigenvalue weighted by Crippen LogP contribution is -2.44. The zero-order valence-electron chi connectivity index (χ0n) is 17.3. The maximum atomic E-state index is 14.1. The fourth-order valence-electron chi connectivity index (χ4n) is 3.81. The van der Waals surface area contributed by atoms with E-state index in [-0.39, 0.29) is 30.0 Å². The lowest BCUT2D eigenvalue weighted by atomic mass is 10.1. The first-order valence-electron chi connectivity index (χ1n) is 10.2. The highest BCUT2D eigenvalue weighted by Crippen LogP contribution is 2.24. The smallest absolute Gasteiger partial charge is 0.191 e. The van der Waals surface area contributed by atoms with Crippen molar-refractivity contribution in [1.82, 2.24) is 15.6 Å². The fraction of sp³-hybridized carbons (Fsp3) is 0.304. The fourth-order valence-corrected chi connectivity index (χ4v) is 3.81. The van der Waals surface area contributed by atoms with Crippen molar-refractivity contribution < 1.29 is 8.78 Å². The van der Waals surface area contributed by atoms with Crippen molar-refractivity contribution in [3.63, 3.8) is 0 Å². The molecule has 1 aromatic heterocycles. The second-order valence-corrected chi connectivity index (χ2v) is 7.36. The van der Waals surface area contributed by atoms with E-state index in [1.807, 2.05) is 42.2 Å². The van der Waals surface area contributed by atoms with Gasteiger partial charge in [0.15, 0.2) is 5.96 Å². The van der Waals surface area contributed by atoms with Crippen LogP contribution in [0.3, 0.4) is 0 Å². The summed E-state index contributed by atoms with van der Waals surface area (Å²) in [6.45, 7) is 4.59. The maximum absolute atomic E-state index is 14.1. The molecule has 8 heteroatoms. The number of benzene rings is 2.